The van der Waals surface area contributed by atoms with E-state index in [1.165, 1.54) is 42.4 Å². The van der Waals surface area contributed by atoms with Gasteiger partial charge in [-0.3, -0.25) is 0 Å². The van der Waals surface area contributed by atoms with E-state index < -0.39 is 0 Å². The molecule has 0 nitrogen and oxygen atoms in total. The van der Waals surface area contributed by atoms with Crippen LogP contribution in [0.4, 0.5) is 0 Å². The first-order valence-electron chi connectivity index (χ1n) is 11.3. The smallest absolute Gasteiger partial charge is 0.0249 e. The topological polar surface area (TPSA) is 0 Å². The van der Waals surface area contributed by atoms with Gasteiger partial charge in [-0.25, -0.2) is 0 Å². The number of hydrogen-bond donors (Lipinski definition) is 0. The first-order chi connectivity index (χ1) is 15.2. The van der Waals surface area contributed by atoms with Crippen molar-refractivity contribution in [2.75, 3.05) is 0 Å². The van der Waals surface area contributed by atoms with Crippen LogP contribution in [0.2, 0.25) is 0 Å². The second-order valence-electron chi connectivity index (χ2n) is 8.50. The van der Waals surface area contributed by atoms with Gasteiger partial charge >= 0.3 is 0 Å². The van der Waals surface area contributed by atoms with Crippen molar-refractivity contribution >= 4 is 15.9 Å². The molecule has 3 aromatic carbocycles. The predicted octanol–water partition coefficient (Wildman–Crippen LogP) is 8.41. The van der Waals surface area contributed by atoms with Gasteiger partial charge in [0.25, 0.3) is 0 Å². The van der Waals surface area contributed by atoms with Crippen molar-refractivity contribution in [2.45, 2.75) is 50.4 Å². The molecule has 31 heavy (non-hydrogen) atoms. The summed E-state index contributed by atoms with van der Waals surface area (Å²) in [5, 5.41) is 0. The van der Waals surface area contributed by atoms with E-state index in [0.717, 1.165) is 28.4 Å². The average molecular weight is 469 g/mol. The van der Waals surface area contributed by atoms with E-state index in [1.807, 2.05) is 30.3 Å². The molecular weight excluding hydrogens is 440 g/mol. The Morgan fingerprint density at radius 1 is 0.710 bits per heavy atom. The number of halogens is 1. The highest BCUT2D eigenvalue weighted by molar-refractivity contribution is 9.10. The molecule has 0 unspecified atom stereocenters. The standard InChI is InChI=1S/C30H29Br/c1-2-3-4-23-7-13-26(14-8-23)28-17-19-29(20-18-28)27-15-9-24(10-16-27)5-6-25-11-21-30(31)22-12-25/h2,7-16,21-22,28-29H,1,3-4,17-20H2. The van der Waals surface area contributed by atoms with Crippen LogP contribution in [0.3, 0.4) is 0 Å². The molecule has 1 aliphatic carbocycles. The Kier molecular flexibility index (Phi) is 7.44. The van der Waals surface area contributed by atoms with Crippen molar-refractivity contribution in [1.82, 2.24) is 0 Å². The molecule has 0 saturated heterocycles. The van der Waals surface area contributed by atoms with Crippen LogP contribution in [0, 0.1) is 11.8 Å². The van der Waals surface area contributed by atoms with E-state index in [2.05, 4.69) is 82.9 Å². The van der Waals surface area contributed by atoms with Gasteiger partial charge in [0.2, 0.25) is 0 Å². The molecule has 3 aromatic rings. The zero-order chi connectivity index (χ0) is 21.5. The van der Waals surface area contributed by atoms with E-state index in [-0.39, 0.29) is 0 Å². The number of benzene rings is 3. The van der Waals surface area contributed by atoms with Crippen molar-refractivity contribution in [3.05, 3.63) is 118 Å². The quantitative estimate of drug-likeness (QED) is 0.260. The number of aryl methyl sites for hydroxylation is 1. The Bertz CT molecular complexity index is 1040. The minimum Gasteiger partial charge on any atom is -0.103 e. The average Bonchev–Trinajstić information content (AvgIpc) is 2.83. The lowest BCUT2D eigenvalue weighted by molar-refractivity contribution is 0.396. The first kappa shape index (κ1) is 21.7. The summed E-state index contributed by atoms with van der Waals surface area (Å²) in [4.78, 5) is 0. The van der Waals surface area contributed by atoms with Gasteiger partial charge in [0.1, 0.15) is 0 Å². The molecule has 0 amide bonds. The highest BCUT2D eigenvalue weighted by atomic mass is 79.9. The van der Waals surface area contributed by atoms with Crippen LogP contribution in [0.15, 0.2) is 89.9 Å². The molecule has 0 N–H and O–H groups in total. The lowest BCUT2D eigenvalue weighted by Crippen LogP contribution is -2.12. The molecule has 0 atom stereocenters. The second-order valence-corrected chi connectivity index (χ2v) is 9.41. The van der Waals surface area contributed by atoms with E-state index >= 15 is 0 Å². The Balaban J connectivity index is 1.32. The van der Waals surface area contributed by atoms with Crippen LogP contribution < -0.4 is 0 Å². The van der Waals surface area contributed by atoms with Gasteiger partial charge in [-0.05, 0) is 103 Å². The lowest BCUT2D eigenvalue weighted by atomic mass is 9.76. The lowest BCUT2D eigenvalue weighted by Gasteiger charge is -2.29. The molecule has 4 rings (SSSR count). The maximum Gasteiger partial charge on any atom is 0.0249 e. The van der Waals surface area contributed by atoms with Crippen LogP contribution in [0.1, 0.15) is 71.8 Å². The predicted molar refractivity (Wildman–Crippen MR) is 135 cm³/mol. The maximum atomic E-state index is 3.82. The molecule has 1 aliphatic rings. The molecule has 0 bridgehead atoms. The van der Waals surface area contributed by atoms with E-state index in [1.54, 1.807) is 0 Å². The number of hydrogen-bond acceptors (Lipinski definition) is 0. The third-order valence-electron chi connectivity index (χ3n) is 6.39. The van der Waals surface area contributed by atoms with Crippen molar-refractivity contribution in [3.8, 4) is 11.8 Å². The molecule has 0 aliphatic heterocycles. The summed E-state index contributed by atoms with van der Waals surface area (Å²) in [6.07, 6.45) is 9.25. The molecule has 1 fully saturated rings. The van der Waals surface area contributed by atoms with Crippen molar-refractivity contribution in [3.63, 3.8) is 0 Å². The molecule has 0 radical (unpaired) electrons. The largest absolute Gasteiger partial charge is 0.103 e. The highest BCUT2D eigenvalue weighted by Gasteiger charge is 2.23. The monoisotopic (exact) mass is 468 g/mol. The van der Waals surface area contributed by atoms with Crippen molar-refractivity contribution < 1.29 is 0 Å². The van der Waals surface area contributed by atoms with E-state index in [4.69, 9.17) is 0 Å². The summed E-state index contributed by atoms with van der Waals surface area (Å²) >= 11 is 3.46. The zero-order valence-corrected chi connectivity index (χ0v) is 19.6. The minimum atomic E-state index is 0.677. The normalized spacial score (nSPS) is 18.1. The Morgan fingerprint density at radius 3 is 1.65 bits per heavy atom. The summed E-state index contributed by atoms with van der Waals surface area (Å²) in [5.41, 5.74) is 6.52. The molecule has 0 heterocycles. The maximum absolute atomic E-state index is 3.82. The fourth-order valence-corrected chi connectivity index (χ4v) is 4.77. The summed E-state index contributed by atoms with van der Waals surface area (Å²) in [7, 11) is 0. The first-order valence-corrected chi connectivity index (χ1v) is 12.1. The third-order valence-corrected chi connectivity index (χ3v) is 6.92. The van der Waals surface area contributed by atoms with Gasteiger partial charge in [0, 0.05) is 15.6 Å². The third kappa shape index (κ3) is 5.99. The summed E-state index contributed by atoms with van der Waals surface area (Å²) in [6.45, 7) is 3.82. The SMILES string of the molecule is C=CCCc1ccc(C2CCC(c3ccc(C#Cc4ccc(Br)cc4)cc3)CC2)cc1. The van der Waals surface area contributed by atoms with Crippen LogP contribution in [0.5, 0.6) is 0 Å². The van der Waals surface area contributed by atoms with Crippen LogP contribution in [0.25, 0.3) is 0 Å². The Morgan fingerprint density at radius 2 is 1.16 bits per heavy atom. The molecule has 0 spiro atoms. The second kappa shape index (κ2) is 10.7. The van der Waals surface area contributed by atoms with Crippen LogP contribution in [-0.4, -0.2) is 0 Å². The Labute approximate surface area is 195 Å². The molecule has 0 aromatic heterocycles. The molecule has 1 heteroatoms. The fourth-order valence-electron chi connectivity index (χ4n) is 4.50. The van der Waals surface area contributed by atoms with Crippen LogP contribution >= 0.6 is 15.9 Å². The Hall–Kier alpha value is -2.56. The highest BCUT2D eigenvalue weighted by Crippen LogP contribution is 2.40. The van der Waals surface area contributed by atoms with Crippen molar-refractivity contribution in [2.24, 2.45) is 0 Å². The van der Waals surface area contributed by atoms with Gasteiger partial charge < -0.3 is 0 Å². The van der Waals surface area contributed by atoms with Gasteiger partial charge in [0.15, 0.2) is 0 Å². The van der Waals surface area contributed by atoms with Crippen molar-refractivity contribution in [1.29, 1.82) is 0 Å². The van der Waals surface area contributed by atoms with E-state index in [9.17, 15) is 0 Å². The fraction of sp³-hybridized carbons (Fsp3) is 0.267. The van der Waals surface area contributed by atoms with Gasteiger partial charge in [-0.2, -0.15) is 0 Å². The van der Waals surface area contributed by atoms with E-state index in [0.29, 0.717) is 11.8 Å². The van der Waals surface area contributed by atoms with Gasteiger partial charge in [-0.15, -0.1) is 6.58 Å². The summed E-state index contributed by atoms with van der Waals surface area (Å²) < 4.78 is 1.08. The molecular formula is C30H29Br. The minimum absolute atomic E-state index is 0.677. The molecule has 1 saturated carbocycles. The molecule has 156 valence electrons. The van der Waals surface area contributed by atoms with Gasteiger partial charge in [-0.1, -0.05) is 70.2 Å². The summed E-state index contributed by atoms with van der Waals surface area (Å²) in [6, 6.07) is 26.4. The summed E-state index contributed by atoms with van der Waals surface area (Å²) in [5.74, 6) is 7.92. The van der Waals surface area contributed by atoms with Gasteiger partial charge in [0.05, 0.1) is 0 Å². The van der Waals surface area contributed by atoms with Crippen LogP contribution in [-0.2, 0) is 6.42 Å². The zero-order valence-electron chi connectivity index (χ0n) is 18.0. The number of rotatable bonds is 5. The number of allylic oxidation sites excluding steroid dienone is 1.